The van der Waals surface area contributed by atoms with Crippen LogP contribution in [0.2, 0.25) is 0 Å². The Morgan fingerprint density at radius 1 is 1.08 bits per heavy atom. The zero-order valence-electron chi connectivity index (χ0n) is 17.5. The molecule has 0 bridgehead atoms. The van der Waals surface area contributed by atoms with Crippen LogP contribution in [0.4, 0.5) is 4.79 Å². The van der Waals surface area contributed by atoms with Crippen molar-refractivity contribution >= 4 is 11.9 Å². The van der Waals surface area contributed by atoms with Crippen LogP contribution in [0.5, 0.6) is 0 Å². The second kappa shape index (κ2) is 9.58. The van der Waals surface area contributed by atoms with Crippen LogP contribution in [-0.4, -0.2) is 47.8 Å². The van der Waals surface area contributed by atoms with Gasteiger partial charge in [-0.15, -0.1) is 0 Å². The minimum atomic E-state index is -0.705. The SMILES string of the molecule is CC(C)(C)CCCCNC(=O)NCCCN1C(=O)C(C(C)(C)C)CC1O. The normalized spacial score (nSPS) is 21.2. The number of carbonyl (C=O) groups is 2. The molecule has 0 spiro atoms. The van der Waals surface area contributed by atoms with Crippen molar-refractivity contribution in [2.24, 2.45) is 16.7 Å². The number of hydrogen-bond donors (Lipinski definition) is 3. The van der Waals surface area contributed by atoms with E-state index in [4.69, 9.17) is 0 Å². The summed E-state index contributed by atoms with van der Waals surface area (Å²) in [7, 11) is 0. The van der Waals surface area contributed by atoms with Gasteiger partial charge in [0.25, 0.3) is 0 Å². The Bertz CT molecular complexity index is 466. The van der Waals surface area contributed by atoms with Crippen LogP contribution in [-0.2, 0) is 4.79 Å². The molecule has 1 rings (SSSR count). The average molecular weight is 370 g/mol. The van der Waals surface area contributed by atoms with Crippen molar-refractivity contribution < 1.29 is 14.7 Å². The maximum Gasteiger partial charge on any atom is 0.314 e. The van der Waals surface area contributed by atoms with E-state index in [1.54, 1.807) is 4.90 Å². The number of likely N-dealkylation sites (tertiary alicyclic amines) is 1. The Kier molecular flexibility index (Phi) is 8.38. The molecule has 26 heavy (non-hydrogen) atoms. The van der Waals surface area contributed by atoms with Crippen LogP contribution < -0.4 is 10.6 Å². The topological polar surface area (TPSA) is 81.7 Å². The minimum absolute atomic E-state index is 0.0216. The predicted octanol–water partition coefficient (Wildman–Crippen LogP) is 3.11. The van der Waals surface area contributed by atoms with Crippen LogP contribution >= 0.6 is 0 Å². The molecule has 0 radical (unpaired) electrons. The molecular formula is C20H39N3O3. The fourth-order valence-electron chi connectivity index (χ4n) is 3.27. The van der Waals surface area contributed by atoms with Crippen molar-refractivity contribution in [2.45, 2.75) is 79.9 Å². The molecule has 0 saturated carbocycles. The van der Waals surface area contributed by atoms with E-state index in [2.05, 4.69) is 31.4 Å². The van der Waals surface area contributed by atoms with Crippen molar-refractivity contribution in [1.29, 1.82) is 0 Å². The second-order valence-electron chi connectivity index (χ2n) is 9.72. The first-order valence-corrected chi connectivity index (χ1v) is 9.92. The summed E-state index contributed by atoms with van der Waals surface area (Å²) >= 11 is 0. The number of carbonyl (C=O) groups excluding carboxylic acids is 2. The summed E-state index contributed by atoms with van der Waals surface area (Å²) < 4.78 is 0. The maximum atomic E-state index is 12.4. The van der Waals surface area contributed by atoms with Crippen molar-refractivity contribution in [3.8, 4) is 0 Å². The van der Waals surface area contributed by atoms with Gasteiger partial charge in [-0.25, -0.2) is 4.79 Å². The average Bonchev–Trinajstić information content (AvgIpc) is 2.77. The van der Waals surface area contributed by atoms with Gasteiger partial charge in [-0.2, -0.15) is 0 Å². The molecule has 0 aromatic carbocycles. The van der Waals surface area contributed by atoms with Crippen molar-refractivity contribution in [3.63, 3.8) is 0 Å². The maximum absolute atomic E-state index is 12.4. The van der Waals surface area contributed by atoms with E-state index in [1.807, 2.05) is 20.8 Å². The number of hydrogen-bond acceptors (Lipinski definition) is 3. The highest BCUT2D eigenvalue weighted by molar-refractivity contribution is 5.82. The third-order valence-electron chi connectivity index (χ3n) is 4.93. The van der Waals surface area contributed by atoms with Crippen LogP contribution in [0.25, 0.3) is 0 Å². The van der Waals surface area contributed by atoms with Gasteiger partial charge in [0.05, 0.1) is 0 Å². The standard InChI is InChI=1S/C20H39N3O3/c1-19(2,3)10-7-8-11-21-18(26)22-12-9-13-23-16(24)14-15(17(23)25)20(4,5)6/h15-16,24H,7-14H2,1-6H3,(H2,21,22,26). The molecule has 2 unspecified atom stereocenters. The van der Waals surface area contributed by atoms with E-state index in [-0.39, 0.29) is 23.3 Å². The van der Waals surface area contributed by atoms with Crippen LogP contribution in [0.3, 0.4) is 0 Å². The summed E-state index contributed by atoms with van der Waals surface area (Å²) in [6, 6.07) is -0.165. The fraction of sp³-hybridized carbons (Fsp3) is 0.900. The molecule has 2 atom stereocenters. The number of urea groups is 1. The summed E-state index contributed by atoms with van der Waals surface area (Å²) in [5.41, 5.74) is 0.198. The lowest BCUT2D eigenvalue weighted by Crippen LogP contribution is -2.40. The van der Waals surface area contributed by atoms with Gasteiger partial charge in [0.15, 0.2) is 0 Å². The molecule has 1 aliphatic rings. The quantitative estimate of drug-likeness (QED) is 0.575. The summed E-state index contributed by atoms with van der Waals surface area (Å²) in [4.78, 5) is 25.7. The van der Waals surface area contributed by atoms with Gasteiger partial charge in [-0.1, -0.05) is 48.0 Å². The lowest BCUT2D eigenvalue weighted by molar-refractivity contribution is -0.137. The number of unbranched alkanes of at least 4 members (excludes halogenated alkanes) is 1. The minimum Gasteiger partial charge on any atom is -0.373 e. The van der Waals surface area contributed by atoms with E-state index in [1.165, 1.54) is 0 Å². The first kappa shape index (κ1) is 22.7. The number of nitrogens with zero attached hydrogens (tertiary/aromatic N) is 1. The van der Waals surface area contributed by atoms with Crippen LogP contribution in [0, 0.1) is 16.7 Å². The predicted molar refractivity (Wildman–Crippen MR) is 105 cm³/mol. The van der Waals surface area contributed by atoms with Crippen molar-refractivity contribution in [2.75, 3.05) is 19.6 Å². The zero-order valence-corrected chi connectivity index (χ0v) is 17.5. The highest BCUT2D eigenvalue weighted by Crippen LogP contribution is 2.37. The summed E-state index contributed by atoms with van der Waals surface area (Å²) in [5, 5.41) is 15.8. The fourth-order valence-corrected chi connectivity index (χ4v) is 3.27. The van der Waals surface area contributed by atoms with E-state index >= 15 is 0 Å². The monoisotopic (exact) mass is 369 g/mol. The molecule has 1 heterocycles. The molecule has 0 aliphatic carbocycles. The molecular weight excluding hydrogens is 330 g/mol. The molecule has 6 heteroatoms. The first-order chi connectivity index (χ1) is 11.9. The largest absolute Gasteiger partial charge is 0.373 e. The molecule has 152 valence electrons. The Balaban J connectivity index is 2.16. The van der Waals surface area contributed by atoms with Gasteiger partial charge in [-0.3, -0.25) is 4.79 Å². The lowest BCUT2D eigenvalue weighted by atomic mass is 9.80. The van der Waals surface area contributed by atoms with E-state index in [9.17, 15) is 14.7 Å². The number of nitrogens with one attached hydrogen (secondary N) is 2. The highest BCUT2D eigenvalue weighted by Gasteiger charge is 2.43. The molecule has 0 aromatic rings. The highest BCUT2D eigenvalue weighted by atomic mass is 16.3. The second-order valence-corrected chi connectivity index (χ2v) is 9.72. The molecule has 1 aliphatic heterocycles. The Morgan fingerprint density at radius 2 is 1.65 bits per heavy atom. The molecule has 3 N–H and O–H groups in total. The summed E-state index contributed by atoms with van der Waals surface area (Å²) in [6.45, 7) is 14.4. The molecule has 6 nitrogen and oxygen atoms in total. The Hall–Kier alpha value is -1.30. The van der Waals surface area contributed by atoms with E-state index in [0.29, 0.717) is 37.9 Å². The lowest BCUT2D eigenvalue weighted by Gasteiger charge is -2.25. The molecule has 1 saturated heterocycles. The summed E-state index contributed by atoms with van der Waals surface area (Å²) in [6.07, 6.45) is 3.66. The first-order valence-electron chi connectivity index (χ1n) is 9.92. The third kappa shape index (κ3) is 7.94. The zero-order chi connectivity index (χ0) is 20.0. The molecule has 1 fully saturated rings. The number of amides is 3. The number of aliphatic hydroxyl groups is 1. The number of aliphatic hydroxyl groups excluding tert-OH is 1. The van der Waals surface area contributed by atoms with Gasteiger partial charge in [0.2, 0.25) is 5.91 Å². The van der Waals surface area contributed by atoms with Gasteiger partial charge < -0.3 is 20.6 Å². The van der Waals surface area contributed by atoms with E-state index < -0.39 is 6.23 Å². The Morgan fingerprint density at radius 3 is 2.15 bits per heavy atom. The third-order valence-corrected chi connectivity index (χ3v) is 4.93. The summed E-state index contributed by atoms with van der Waals surface area (Å²) in [5.74, 6) is -0.116. The smallest absolute Gasteiger partial charge is 0.314 e. The van der Waals surface area contributed by atoms with Crippen molar-refractivity contribution in [3.05, 3.63) is 0 Å². The van der Waals surface area contributed by atoms with Gasteiger partial charge >= 0.3 is 6.03 Å². The molecule has 3 amide bonds. The number of rotatable bonds is 8. The van der Waals surface area contributed by atoms with E-state index in [0.717, 1.165) is 19.3 Å². The van der Waals surface area contributed by atoms with Crippen molar-refractivity contribution in [1.82, 2.24) is 15.5 Å². The molecule has 0 aromatic heterocycles. The van der Waals surface area contributed by atoms with Gasteiger partial charge in [0.1, 0.15) is 6.23 Å². The van der Waals surface area contributed by atoms with Crippen LogP contribution in [0.15, 0.2) is 0 Å². The Labute approximate surface area is 159 Å². The van der Waals surface area contributed by atoms with Gasteiger partial charge in [0, 0.05) is 32.0 Å². The van der Waals surface area contributed by atoms with Crippen LogP contribution in [0.1, 0.15) is 73.6 Å². The van der Waals surface area contributed by atoms with Gasteiger partial charge in [-0.05, 0) is 30.1 Å².